The molecule has 0 radical (unpaired) electrons. The molecule has 7 heteroatoms. The molecule has 1 aliphatic rings. The minimum Gasteiger partial charge on any atom is -0.276 e. The van der Waals surface area contributed by atoms with Crippen molar-refractivity contribution in [1.29, 1.82) is 0 Å². The number of hydrogen-bond acceptors (Lipinski definition) is 3. The van der Waals surface area contributed by atoms with Crippen LogP contribution in [-0.2, 0) is 6.54 Å². The quantitative estimate of drug-likeness (QED) is 0.911. The van der Waals surface area contributed by atoms with E-state index in [1.807, 2.05) is 0 Å². The number of nitrogens with zero attached hydrogens (tertiary/aromatic N) is 4. The SMILES string of the molecule is FC1(F)CCC(Cn2cc(-c3ccn[nH]3)nn2)C1. The molecule has 0 aromatic carbocycles. The molecule has 0 saturated heterocycles. The number of nitrogens with one attached hydrogen (secondary N) is 1. The lowest BCUT2D eigenvalue weighted by Crippen LogP contribution is -2.13. The first kappa shape index (κ1) is 11.3. The number of hydrogen-bond donors (Lipinski definition) is 1. The van der Waals surface area contributed by atoms with Crippen LogP contribution >= 0.6 is 0 Å². The largest absolute Gasteiger partial charge is 0.276 e. The first-order valence-corrected chi connectivity index (χ1v) is 5.90. The Kier molecular flexibility index (Phi) is 2.61. The van der Waals surface area contributed by atoms with Crippen LogP contribution in [0.2, 0.25) is 0 Å². The zero-order chi connectivity index (χ0) is 12.6. The summed E-state index contributed by atoms with van der Waals surface area (Å²) in [6, 6.07) is 1.79. The summed E-state index contributed by atoms with van der Waals surface area (Å²) in [5.74, 6) is -2.52. The Hall–Kier alpha value is -1.79. The summed E-state index contributed by atoms with van der Waals surface area (Å²) in [7, 11) is 0. The Balaban J connectivity index is 1.68. The molecule has 1 atom stereocenters. The second-order valence-corrected chi connectivity index (χ2v) is 4.76. The van der Waals surface area contributed by atoms with Gasteiger partial charge in [-0.3, -0.25) is 9.78 Å². The van der Waals surface area contributed by atoms with Crippen molar-refractivity contribution >= 4 is 0 Å². The third kappa shape index (κ3) is 2.25. The summed E-state index contributed by atoms with van der Waals surface area (Å²) in [4.78, 5) is 0. The molecular formula is C11H13F2N5. The summed E-state index contributed by atoms with van der Waals surface area (Å²) in [6.45, 7) is 0.497. The number of halogens is 2. The monoisotopic (exact) mass is 253 g/mol. The number of H-pyrrole nitrogens is 1. The van der Waals surface area contributed by atoms with E-state index < -0.39 is 5.92 Å². The maximum atomic E-state index is 13.1. The highest BCUT2D eigenvalue weighted by molar-refractivity contribution is 5.50. The molecule has 1 saturated carbocycles. The number of rotatable bonds is 3. The third-order valence-electron chi connectivity index (χ3n) is 3.27. The molecule has 18 heavy (non-hydrogen) atoms. The minimum atomic E-state index is -2.50. The average molecular weight is 253 g/mol. The Morgan fingerprint density at radius 3 is 3.06 bits per heavy atom. The highest BCUT2D eigenvalue weighted by atomic mass is 19.3. The molecule has 5 nitrogen and oxygen atoms in total. The van der Waals surface area contributed by atoms with Crippen LogP contribution in [0.25, 0.3) is 11.4 Å². The van der Waals surface area contributed by atoms with Gasteiger partial charge in [0.05, 0.1) is 11.9 Å². The number of alkyl halides is 2. The van der Waals surface area contributed by atoms with Gasteiger partial charge in [-0.1, -0.05) is 5.21 Å². The van der Waals surface area contributed by atoms with E-state index in [9.17, 15) is 8.78 Å². The van der Waals surface area contributed by atoms with Crippen molar-refractivity contribution in [1.82, 2.24) is 25.2 Å². The lowest BCUT2D eigenvalue weighted by Gasteiger charge is -2.09. The zero-order valence-corrected chi connectivity index (χ0v) is 9.68. The first-order valence-electron chi connectivity index (χ1n) is 5.90. The van der Waals surface area contributed by atoms with Crippen LogP contribution in [-0.4, -0.2) is 31.1 Å². The molecule has 1 N–H and O–H groups in total. The minimum absolute atomic E-state index is 0.0141. The summed E-state index contributed by atoms with van der Waals surface area (Å²) < 4.78 is 27.8. The molecule has 2 aromatic rings. The predicted octanol–water partition coefficient (Wildman–Crippen LogP) is 2.10. The van der Waals surface area contributed by atoms with Gasteiger partial charge in [-0.05, 0) is 18.4 Å². The van der Waals surface area contributed by atoms with Crippen LogP contribution in [0.15, 0.2) is 18.5 Å². The van der Waals surface area contributed by atoms with Crippen molar-refractivity contribution in [2.75, 3.05) is 0 Å². The van der Waals surface area contributed by atoms with E-state index in [-0.39, 0.29) is 18.8 Å². The molecule has 0 aliphatic heterocycles. The highest BCUT2D eigenvalue weighted by Gasteiger charge is 2.39. The summed E-state index contributed by atoms with van der Waals surface area (Å²) in [5, 5.41) is 14.6. The van der Waals surface area contributed by atoms with Gasteiger partial charge in [0.2, 0.25) is 5.92 Å². The lowest BCUT2D eigenvalue weighted by molar-refractivity contribution is 0.00420. The lowest BCUT2D eigenvalue weighted by atomic mass is 10.1. The van der Waals surface area contributed by atoms with Crippen molar-refractivity contribution in [3.05, 3.63) is 18.5 Å². The number of aromatic nitrogens is 5. The molecular weight excluding hydrogens is 240 g/mol. The zero-order valence-electron chi connectivity index (χ0n) is 9.68. The van der Waals surface area contributed by atoms with Crippen LogP contribution < -0.4 is 0 Å². The molecule has 0 bridgehead atoms. The highest BCUT2D eigenvalue weighted by Crippen LogP contribution is 2.39. The second-order valence-electron chi connectivity index (χ2n) is 4.76. The van der Waals surface area contributed by atoms with Gasteiger partial charge in [0.25, 0.3) is 0 Å². The smallest absolute Gasteiger partial charge is 0.248 e. The molecule has 96 valence electrons. The van der Waals surface area contributed by atoms with Gasteiger partial charge in [-0.15, -0.1) is 5.10 Å². The van der Waals surface area contributed by atoms with Crippen molar-refractivity contribution in [2.45, 2.75) is 31.7 Å². The van der Waals surface area contributed by atoms with Gasteiger partial charge in [0.15, 0.2) is 0 Å². The third-order valence-corrected chi connectivity index (χ3v) is 3.27. The van der Waals surface area contributed by atoms with Gasteiger partial charge in [0, 0.05) is 25.6 Å². The summed E-state index contributed by atoms with van der Waals surface area (Å²) in [6.07, 6.45) is 3.87. The van der Waals surface area contributed by atoms with Crippen molar-refractivity contribution in [3.8, 4) is 11.4 Å². The van der Waals surface area contributed by atoms with E-state index in [4.69, 9.17) is 0 Å². The molecule has 1 fully saturated rings. The topological polar surface area (TPSA) is 59.4 Å². The normalized spacial score (nSPS) is 22.4. The van der Waals surface area contributed by atoms with Gasteiger partial charge < -0.3 is 0 Å². The van der Waals surface area contributed by atoms with Crippen LogP contribution in [0, 0.1) is 5.92 Å². The van der Waals surface area contributed by atoms with E-state index in [2.05, 4.69) is 20.5 Å². The summed E-state index contributed by atoms with van der Waals surface area (Å²) in [5.41, 5.74) is 1.45. The van der Waals surface area contributed by atoms with Crippen molar-refractivity contribution in [3.63, 3.8) is 0 Å². The van der Waals surface area contributed by atoms with Crippen molar-refractivity contribution < 1.29 is 8.78 Å². The fourth-order valence-electron chi connectivity index (χ4n) is 2.37. The molecule has 0 spiro atoms. The second kappa shape index (κ2) is 4.15. The molecule has 0 amide bonds. The van der Waals surface area contributed by atoms with Gasteiger partial charge in [-0.25, -0.2) is 8.78 Å². The van der Waals surface area contributed by atoms with E-state index in [1.54, 1.807) is 23.1 Å². The Bertz CT molecular complexity index is 519. The van der Waals surface area contributed by atoms with Crippen LogP contribution in [0.4, 0.5) is 8.78 Å². The van der Waals surface area contributed by atoms with E-state index in [0.29, 0.717) is 18.7 Å². The Morgan fingerprint density at radius 2 is 2.39 bits per heavy atom. The average Bonchev–Trinajstić information content (AvgIpc) is 2.99. The molecule has 3 rings (SSSR count). The van der Waals surface area contributed by atoms with Gasteiger partial charge >= 0.3 is 0 Å². The van der Waals surface area contributed by atoms with E-state index >= 15 is 0 Å². The molecule has 2 heterocycles. The van der Waals surface area contributed by atoms with E-state index in [1.165, 1.54) is 0 Å². The van der Waals surface area contributed by atoms with Crippen LogP contribution in [0.3, 0.4) is 0 Å². The Morgan fingerprint density at radius 1 is 1.50 bits per heavy atom. The van der Waals surface area contributed by atoms with Gasteiger partial charge in [-0.2, -0.15) is 5.10 Å². The first-order chi connectivity index (χ1) is 8.62. The van der Waals surface area contributed by atoms with Crippen LogP contribution in [0.5, 0.6) is 0 Å². The Labute approximate surface area is 102 Å². The standard InChI is InChI=1S/C11H13F2N5/c12-11(13)3-1-8(5-11)6-18-7-10(16-17-18)9-2-4-14-15-9/h2,4,7-8H,1,3,5-6H2,(H,14,15). The number of aromatic amines is 1. The molecule has 2 aromatic heterocycles. The maximum Gasteiger partial charge on any atom is 0.248 e. The van der Waals surface area contributed by atoms with Crippen LogP contribution in [0.1, 0.15) is 19.3 Å². The summed E-state index contributed by atoms with van der Waals surface area (Å²) >= 11 is 0. The fourth-order valence-corrected chi connectivity index (χ4v) is 2.37. The maximum absolute atomic E-state index is 13.1. The fraction of sp³-hybridized carbons (Fsp3) is 0.545. The molecule has 1 aliphatic carbocycles. The van der Waals surface area contributed by atoms with Gasteiger partial charge in [0.1, 0.15) is 5.69 Å². The molecule has 1 unspecified atom stereocenters. The predicted molar refractivity (Wildman–Crippen MR) is 59.9 cm³/mol. The van der Waals surface area contributed by atoms with Crippen molar-refractivity contribution in [2.24, 2.45) is 5.92 Å². The van der Waals surface area contributed by atoms with E-state index in [0.717, 1.165) is 5.69 Å².